The molecular weight excluding hydrogens is 416 g/mol. The Balaban J connectivity index is 1.55. The number of fused-ring (bicyclic) bond motifs is 1. The maximum Gasteiger partial charge on any atom is 0.274 e. The first-order chi connectivity index (χ1) is 15.7. The number of likely N-dealkylation sites (tertiary alicyclic amines) is 1. The molecule has 0 radical (unpaired) electrons. The molecule has 4 rings (SSSR count). The summed E-state index contributed by atoms with van der Waals surface area (Å²) in [5.41, 5.74) is 0.546. The lowest BCUT2D eigenvalue weighted by atomic mass is 9.93. The van der Waals surface area contributed by atoms with Crippen molar-refractivity contribution in [1.82, 2.24) is 20.0 Å². The van der Waals surface area contributed by atoms with Crippen LogP contribution in [0, 0.1) is 5.41 Å². The van der Waals surface area contributed by atoms with Gasteiger partial charge in [-0.2, -0.15) is 5.10 Å². The van der Waals surface area contributed by atoms with Gasteiger partial charge in [-0.15, -0.1) is 0 Å². The third kappa shape index (κ3) is 4.97. The van der Waals surface area contributed by atoms with Crippen LogP contribution in [0.3, 0.4) is 0 Å². The lowest BCUT2D eigenvalue weighted by Crippen LogP contribution is -2.49. The Hall–Kier alpha value is -3.48. The van der Waals surface area contributed by atoms with E-state index < -0.39 is 5.41 Å². The van der Waals surface area contributed by atoms with Crippen molar-refractivity contribution in [3.05, 3.63) is 76.2 Å². The third-order valence-corrected chi connectivity index (χ3v) is 6.02. The van der Waals surface area contributed by atoms with Gasteiger partial charge in [-0.3, -0.25) is 14.4 Å². The van der Waals surface area contributed by atoms with E-state index in [2.05, 4.69) is 10.4 Å². The van der Waals surface area contributed by atoms with Gasteiger partial charge in [0.1, 0.15) is 0 Å². The Bertz CT molecular complexity index is 1220. The molecule has 1 N–H and O–H groups in total. The average molecular weight is 447 g/mol. The molecule has 7 heteroatoms. The molecule has 1 saturated heterocycles. The summed E-state index contributed by atoms with van der Waals surface area (Å²) in [4.78, 5) is 40.7. The first kappa shape index (κ1) is 22.7. The van der Waals surface area contributed by atoms with Gasteiger partial charge >= 0.3 is 0 Å². The fourth-order valence-electron chi connectivity index (χ4n) is 4.22. The first-order valence-electron chi connectivity index (χ1n) is 11.4. The molecule has 0 bridgehead atoms. The normalized spacial score (nSPS) is 14.9. The second-order valence-corrected chi connectivity index (χ2v) is 9.63. The molecule has 0 spiro atoms. The third-order valence-electron chi connectivity index (χ3n) is 6.02. The lowest BCUT2D eigenvalue weighted by molar-refractivity contribution is -0.140. The summed E-state index contributed by atoms with van der Waals surface area (Å²) in [6, 6.07) is 16.6. The molecule has 1 aliphatic heterocycles. The van der Waals surface area contributed by atoms with Crippen molar-refractivity contribution in [2.24, 2.45) is 5.41 Å². The van der Waals surface area contributed by atoms with E-state index in [4.69, 9.17) is 0 Å². The fourth-order valence-corrected chi connectivity index (χ4v) is 4.22. The Morgan fingerprint density at radius 2 is 1.58 bits per heavy atom. The Morgan fingerprint density at radius 3 is 2.21 bits per heavy atom. The number of nitrogens with one attached hydrogen (secondary N) is 1. The zero-order chi connectivity index (χ0) is 23.6. The number of amides is 2. The van der Waals surface area contributed by atoms with Gasteiger partial charge in [0.15, 0.2) is 5.69 Å². The van der Waals surface area contributed by atoms with E-state index in [1.165, 1.54) is 4.68 Å². The summed E-state index contributed by atoms with van der Waals surface area (Å²) in [6.45, 7) is 7.28. The van der Waals surface area contributed by atoms with Gasteiger partial charge in [0.05, 0.1) is 11.9 Å². The predicted molar refractivity (Wildman–Crippen MR) is 128 cm³/mol. The van der Waals surface area contributed by atoms with Gasteiger partial charge in [0.25, 0.3) is 11.5 Å². The van der Waals surface area contributed by atoms with Gasteiger partial charge in [-0.1, -0.05) is 69.3 Å². The van der Waals surface area contributed by atoms with E-state index in [-0.39, 0.29) is 35.7 Å². The van der Waals surface area contributed by atoms with Crippen LogP contribution in [0.25, 0.3) is 10.8 Å². The van der Waals surface area contributed by atoms with Gasteiger partial charge in [-0.05, 0) is 24.5 Å². The number of rotatable bonds is 4. The number of aromatic nitrogens is 2. The number of piperidine rings is 1. The molecule has 1 fully saturated rings. The van der Waals surface area contributed by atoms with Gasteiger partial charge in [0.2, 0.25) is 5.91 Å². The van der Waals surface area contributed by atoms with Crippen LogP contribution in [0.1, 0.15) is 49.7 Å². The molecule has 2 aromatic carbocycles. The Kier molecular flexibility index (Phi) is 6.31. The summed E-state index contributed by atoms with van der Waals surface area (Å²) in [5.74, 6) is -0.165. The molecule has 2 amide bonds. The highest BCUT2D eigenvalue weighted by Gasteiger charge is 2.31. The minimum atomic E-state index is -0.411. The number of carbonyl (C=O) groups excluding carboxylic acids is 2. The monoisotopic (exact) mass is 446 g/mol. The molecule has 0 saturated carbocycles. The largest absolute Gasteiger partial charge is 0.348 e. The van der Waals surface area contributed by atoms with Crippen molar-refractivity contribution < 1.29 is 9.59 Å². The van der Waals surface area contributed by atoms with Gasteiger partial charge in [-0.25, -0.2) is 4.68 Å². The molecule has 0 aliphatic carbocycles. The average Bonchev–Trinajstić information content (AvgIpc) is 2.81. The smallest absolute Gasteiger partial charge is 0.274 e. The minimum Gasteiger partial charge on any atom is -0.348 e. The lowest BCUT2D eigenvalue weighted by Gasteiger charge is -2.36. The van der Waals surface area contributed by atoms with Crippen LogP contribution in [0.15, 0.2) is 59.4 Å². The molecule has 1 aromatic heterocycles. The van der Waals surface area contributed by atoms with Crippen molar-refractivity contribution in [2.45, 2.75) is 46.2 Å². The zero-order valence-corrected chi connectivity index (χ0v) is 19.4. The molecule has 0 atom stereocenters. The summed E-state index contributed by atoms with van der Waals surface area (Å²) in [6.07, 6.45) is 1.38. The number of nitrogens with zero attached hydrogens (tertiary/aromatic N) is 3. The highest BCUT2D eigenvalue weighted by atomic mass is 16.2. The van der Waals surface area contributed by atoms with Gasteiger partial charge < -0.3 is 10.2 Å². The van der Waals surface area contributed by atoms with Gasteiger partial charge in [0, 0.05) is 29.9 Å². The SMILES string of the molecule is CC(C)(C)C(=O)N1CCC(NC(=O)c2nn(Cc3ccccc3)c(=O)c3ccccc23)CC1. The van der Waals surface area contributed by atoms with Crippen LogP contribution in [0.2, 0.25) is 0 Å². The molecule has 7 nitrogen and oxygen atoms in total. The fraction of sp³-hybridized carbons (Fsp3) is 0.385. The summed E-state index contributed by atoms with van der Waals surface area (Å²) < 4.78 is 1.36. The molecule has 0 unspecified atom stereocenters. The molecule has 3 aromatic rings. The van der Waals surface area contributed by atoms with Crippen molar-refractivity contribution in [3.8, 4) is 0 Å². The molecular formula is C26H30N4O3. The highest BCUT2D eigenvalue weighted by molar-refractivity contribution is 6.04. The topological polar surface area (TPSA) is 84.3 Å². The predicted octanol–water partition coefficient (Wildman–Crippen LogP) is 3.21. The summed E-state index contributed by atoms with van der Waals surface area (Å²) >= 11 is 0. The van der Waals surface area contributed by atoms with Crippen molar-refractivity contribution >= 4 is 22.6 Å². The molecule has 1 aliphatic rings. The van der Waals surface area contributed by atoms with Crippen LogP contribution in [0.5, 0.6) is 0 Å². The Morgan fingerprint density at radius 1 is 0.970 bits per heavy atom. The van der Waals surface area contributed by atoms with Crippen molar-refractivity contribution in [2.75, 3.05) is 13.1 Å². The van der Waals surface area contributed by atoms with Crippen LogP contribution in [-0.4, -0.2) is 45.6 Å². The van der Waals surface area contributed by atoms with Crippen LogP contribution in [0.4, 0.5) is 0 Å². The summed E-state index contributed by atoms with van der Waals surface area (Å²) in [5, 5.41) is 8.56. The number of carbonyl (C=O) groups is 2. The minimum absolute atomic E-state index is 0.0448. The second kappa shape index (κ2) is 9.17. The Labute approximate surface area is 193 Å². The number of hydrogen-bond donors (Lipinski definition) is 1. The first-order valence-corrected chi connectivity index (χ1v) is 11.4. The van der Waals surface area contributed by atoms with E-state index in [1.54, 1.807) is 24.3 Å². The standard InChI is InChI=1S/C26H30N4O3/c1-26(2,3)25(33)29-15-13-19(14-16-29)27-23(31)22-20-11-7-8-12-21(20)24(32)30(28-22)17-18-9-5-4-6-10-18/h4-12,19H,13-17H2,1-3H3,(H,27,31). The molecule has 33 heavy (non-hydrogen) atoms. The number of benzene rings is 2. The van der Waals surface area contributed by atoms with Crippen molar-refractivity contribution in [3.63, 3.8) is 0 Å². The van der Waals surface area contributed by atoms with E-state index in [9.17, 15) is 14.4 Å². The van der Waals surface area contributed by atoms with Crippen LogP contribution in [-0.2, 0) is 11.3 Å². The zero-order valence-electron chi connectivity index (χ0n) is 19.4. The van der Waals surface area contributed by atoms with E-state index in [1.807, 2.05) is 56.0 Å². The maximum absolute atomic E-state index is 13.2. The van der Waals surface area contributed by atoms with E-state index >= 15 is 0 Å². The quantitative estimate of drug-likeness (QED) is 0.667. The van der Waals surface area contributed by atoms with Crippen LogP contribution < -0.4 is 10.9 Å². The second-order valence-electron chi connectivity index (χ2n) is 9.63. The molecule has 2 heterocycles. The number of hydrogen-bond acceptors (Lipinski definition) is 4. The van der Waals surface area contributed by atoms with E-state index in [0.717, 1.165) is 5.56 Å². The van der Waals surface area contributed by atoms with E-state index in [0.29, 0.717) is 36.7 Å². The highest BCUT2D eigenvalue weighted by Crippen LogP contribution is 2.21. The molecule has 172 valence electrons. The maximum atomic E-state index is 13.2. The summed E-state index contributed by atoms with van der Waals surface area (Å²) in [7, 11) is 0. The van der Waals surface area contributed by atoms with Crippen molar-refractivity contribution in [1.29, 1.82) is 0 Å². The van der Waals surface area contributed by atoms with Crippen LogP contribution >= 0.6 is 0 Å².